The molecule has 0 fully saturated rings. The molecule has 76 valence electrons. The maximum absolute atomic E-state index is 9.51. The maximum Gasteiger partial charge on any atom is 0.492 e. The molecule has 0 aliphatic carbocycles. The van der Waals surface area contributed by atoms with Gasteiger partial charge in [0.2, 0.25) is 0 Å². The van der Waals surface area contributed by atoms with Crippen molar-refractivity contribution in [2.45, 2.75) is 0 Å². The second kappa shape index (κ2) is 3.74. The lowest BCUT2D eigenvalue weighted by Crippen LogP contribution is -2.29. The van der Waals surface area contributed by atoms with E-state index in [1.807, 2.05) is 0 Å². The van der Waals surface area contributed by atoms with Gasteiger partial charge in [-0.3, -0.25) is 0 Å². The van der Waals surface area contributed by atoms with Crippen LogP contribution in [0.15, 0.2) is 30.3 Å². The van der Waals surface area contributed by atoms with Crippen LogP contribution in [-0.2, 0) is 0 Å². The van der Waals surface area contributed by atoms with E-state index in [1.165, 1.54) is 12.1 Å². The summed E-state index contributed by atoms with van der Waals surface area (Å²) in [7, 11) is -1.68. The number of hydrogen-bond donors (Lipinski definition) is 3. The molecule has 0 aliphatic rings. The third-order valence-electron chi connectivity index (χ3n) is 2.23. The average molecular weight is 222 g/mol. The number of phenols is 1. The first kappa shape index (κ1) is 10.3. The Morgan fingerprint density at radius 1 is 1.00 bits per heavy atom. The summed E-state index contributed by atoms with van der Waals surface area (Å²) in [5, 5.41) is 29.6. The molecular formula is C10H8BClO3. The number of fused-ring (bicyclic) bond motifs is 1. The summed E-state index contributed by atoms with van der Waals surface area (Å²) in [5.41, 5.74) is 0.0878. The van der Waals surface area contributed by atoms with Crippen LogP contribution in [-0.4, -0.2) is 22.3 Å². The highest BCUT2D eigenvalue weighted by molar-refractivity contribution is 6.60. The van der Waals surface area contributed by atoms with Gasteiger partial charge < -0.3 is 15.2 Å². The lowest BCUT2D eigenvalue weighted by atomic mass is 9.78. The molecule has 0 spiro atoms. The fourth-order valence-corrected chi connectivity index (χ4v) is 1.66. The minimum Gasteiger partial charge on any atom is -0.508 e. The monoisotopic (exact) mass is 222 g/mol. The Morgan fingerprint density at radius 2 is 1.73 bits per heavy atom. The molecule has 0 heterocycles. The molecule has 0 radical (unpaired) electrons. The predicted octanol–water partition coefficient (Wildman–Crippen LogP) is 0.879. The molecule has 2 rings (SSSR count). The molecule has 0 bridgehead atoms. The van der Waals surface area contributed by atoms with Gasteiger partial charge in [0.05, 0.1) is 0 Å². The van der Waals surface area contributed by atoms with Crippen molar-refractivity contribution in [1.82, 2.24) is 0 Å². The SMILES string of the molecule is OB(O)c1cc2ccc(Cl)cc2cc1O. The Kier molecular flexibility index (Phi) is 2.56. The van der Waals surface area contributed by atoms with Crippen molar-refractivity contribution in [2.75, 3.05) is 0 Å². The molecule has 0 atom stereocenters. The second-order valence-corrected chi connectivity index (χ2v) is 3.71. The Morgan fingerprint density at radius 3 is 2.40 bits per heavy atom. The summed E-state index contributed by atoms with van der Waals surface area (Å²) in [6.07, 6.45) is 0. The maximum atomic E-state index is 9.51. The van der Waals surface area contributed by atoms with Gasteiger partial charge >= 0.3 is 7.12 Å². The zero-order chi connectivity index (χ0) is 11.0. The molecule has 15 heavy (non-hydrogen) atoms. The molecule has 3 N–H and O–H groups in total. The minimum absolute atomic E-state index is 0.0878. The highest BCUT2D eigenvalue weighted by atomic mass is 35.5. The van der Waals surface area contributed by atoms with Crippen LogP contribution in [0.3, 0.4) is 0 Å². The minimum atomic E-state index is -1.68. The van der Waals surface area contributed by atoms with Gasteiger partial charge in [-0.25, -0.2) is 0 Å². The molecular weight excluding hydrogens is 214 g/mol. The lowest BCUT2D eigenvalue weighted by Gasteiger charge is -2.06. The Labute approximate surface area is 91.7 Å². The first-order chi connectivity index (χ1) is 7.08. The standard InChI is InChI=1S/C10H8BClO3/c12-8-2-1-6-4-9(11(14)15)10(13)5-7(6)3-8/h1-5,13-15H. The van der Waals surface area contributed by atoms with Crippen LogP contribution in [0.2, 0.25) is 5.02 Å². The first-order valence-electron chi connectivity index (χ1n) is 4.36. The molecule has 5 heteroatoms. The number of benzene rings is 2. The van der Waals surface area contributed by atoms with E-state index in [1.54, 1.807) is 18.2 Å². The van der Waals surface area contributed by atoms with E-state index >= 15 is 0 Å². The van der Waals surface area contributed by atoms with Crippen LogP contribution in [0.1, 0.15) is 0 Å². The van der Waals surface area contributed by atoms with Crippen molar-refractivity contribution in [1.29, 1.82) is 0 Å². The van der Waals surface area contributed by atoms with Crippen molar-refractivity contribution >= 4 is 35.0 Å². The van der Waals surface area contributed by atoms with Gasteiger partial charge in [0.25, 0.3) is 0 Å². The summed E-state index contributed by atoms with van der Waals surface area (Å²) < 4.78 is 0. The summed E-state index contributed by atoms with van der Waals surface area (Å²) >= 11 is 5.79. The van der Waals surface area contributed by atoms with Crippen molar-refractivity contribution in [3.05, 3.63) is 35.4 Å². The third kappa shape index (κ3) is 1.92. The molecule has 0 aliphatic heterocycles. The number of hydrogen-bond acceptors (Lipinski definition) is 3. The Balaban J connectivity index is 2.71. The second-order valence-electron chi connectivity index (χ2n) is 3.28. The van der Waals surface area contributed by atoms with Crippen molar-refractivity contribution in [3.8, 4) is 5.75 Å². The van der Waals surface area contributed by atoms with Gasteiger partial charge in [-0.2, -0.15) is 0 Å². The Bertz CT molecular complexity index is 513. The van der Waals surface area contributed by atoms with Crippen LogP contribution in [0, 0.1) is 0 Å². The van der Waals surface area contributed by atoms with E-state index in [2.05, 4.69) is 0 Å². The van der Waals surface area contributed by atoms with Crippen LogP contribution in [0.5, 0.6) is 5.75 Å². The van der Waals surface area contributed by atoms with Gasteiger partial charge in [0, 0.05) is 10.5 Å². The quantitative estimate of drug-likeness (QED) is 0.628. The first-order valence-corrected chi connectivity index (χ1v) is 4.74. The van der Waals surface area contributed by atoms with E-state index in [9.17, 15) is 5.11 Å². The highest BCUT2D eigenvalue weighted by Crippen LogP contribution is 2.22. The molecule has 3 nitrogen and oxygen atoms in total. The average Bonchev–Trinajstić information content (AvgIpc) is 2.15. The predicted molar refractivity (Wildman–Crippen MR) is 60.4 cm³/mol. The largest absolute Gasteiger partial charge is 0.508 e. The normalized spacial score (nSPS) is 10.6. The van der Waals surface area contributed by atoms with Crippen LogP contribution < -0.4 is 5.46 Å². The molecule has 0 amide bonds. The molecule has 0 unspecified atom stereocenters. The summed E-state index contributed by atoms with van der Waals surface area (Å²) in [5.74, 6) is -0.153. The van der Waals surface area contributed by atoms with Crippen molar-refractivity contribution < 1.29 is 15.2 Å². The van der Waals surface area contributed by atoms with E-state index < -0.39 is 7.12 Å². The van der Waals surface area contributed by atoms with Crippen molar-refractivity contribution in [2.24, 2.45) is 0 Å². The molecule has 2 aromatic carbocycles. The van der Waals surface area contributed by atoms with Gasteiger partial charge in [0.1, 0.15) is 5.75 Å². The Hall–Kier alpha value is -1.23. The third-order valence-corrected chi connectivity index (χ3v) is 2.46. The van der Waals surface area contributed by atoms with E-state index in [4.69, 9.17) is 21.6 Å². The molecule has 0 saturated carbocycles. The molecule has 2 aromatic rings. The summed E-state index contributed by atoms with van der Waals surface area (Å²) in [4.78, 5) is 0. The van der Waals surface area contributed by atoms with Gasteiger partial charge in [-0.15, -0.1) is 0 Å². The summed E-state index contributed by atoms with van der Waals surface area (Å²) in [6, 6.07) is 8.13. The zero-order valence-electron chi connectivity index (χ0n) is 7.68. The van der Waals surface area contributed by atoms with Crippen LogP contribution in [0.4, 0.5) is 0 Å². The van der Waals surface area contributed by atoms with Gasteiger partial charge in [-0.05, 0) is 29.0 Å². The summed E-state index contributed by atoms with van der Waals surface area (Å²) in [6.45, 7) is 0. The van der Waals surface area contributed by atoms with Crippen LogP contribution in [0.25, 0.3) is 10.8 Å². The fraction of sp³-hybridized carbons (Fsp3) is 0. The lowest BCUT2D eigenvalue weighted by molar-refractivity contribution is 0.420. The molecule has 0 aromatic heterocycles. The van der Waals surface area contributed by atoms with Crippen molar-refractivity contribution in [3.63, 3.8) is 0 Å². The van der Waals surface area contributed by atoms with E-state index in [-0.39, 0.29) is 11.2 Å². The van der Waals surface area contributed by atoms with Gasteiger partial charge in [0.15, 0.2) is 0 Å². The number of rotatable bonds is 1. The number of phenolic OH excluding ortho intramolecular Hbond substituents is 1. The fourth-order valence-electron chi connectivity index (χ4n) is 1.48. The van der Waals surface area contributed by atoms with Gasteiger partial charge in [-0.1, -0.05) is 23.7 Å². The molecule has 0 saturated heterocycles. The number of halogens is 1. The smallest absolute Gasteiger partial charge is 0.492 e. The zero-order valence-corrected chi connectivity index (χ0v) is 8.44. The van der Waals surface area contributed by atoms with E-state index in [0.717, 1.165) is 10.8 Å². The van der Waals surface area contributed by atoms with Crippen LogP contribution >= 0.6 is 11.6 Å². The topological polar surface area (TPSA) is 60.7 Å². The van der Waals surface area contributed by atoms with E-state index in [0.29, 0.717) is 5.02 Å². The highest BCUT2D eigenvalue weighted by Gasteiger charge is 2.16. The number of aromatic hydroxyl groups is 1.